The van der Waals surface area contributed by atoms with E-state index in [-0.39, 0.29) is 19.3 Å². The van der Waals surface area contributed by atoms with E-state index in [1.54, 1.807) is 36.5 Å². The fourth-order valence-electron chi connectivity index (χ4n) is 4.64. The smallest absolute Gasteiger partial charge is 0.326 e. The Bertz CT molecular complexity index is 1540. The number of aliphatic carboxylic acids is 1. The Balaban J connectivity index is 1.59. The van der Waals surface area contributed by atoms with Crippen molar-refractivity contribution < 1.29 is 29.4 Å². The molecule has 226 valence electrons. The number of carboxylic acids is 1. The predicted octanol–water partition coefficient (Wildman–Crippen LogP) is 0.166. The molecule has 0 saturated carbocycles. The van der Waals surface area contributed by atoms with Crippen LogP contribution in [0.5, 0.6) is 0 Å². The summed E-state index contributed by atoms with van der Waals surface area (Å²) >= 11 is 0. The second-order valence-electron chi connectivity index (χ2n) is 10.3. The number of carbonyl (C=O) groups excluding carboxylic acids is 3. The highest BCUT2D eigenvalue weighted by Gasteiger charge is 2.32. The van der Waals surface area contributed by atoms with Gasteiger partial charge in [0.1, 0.15) is 24.2 Å². The Morgan fingerprint density at radius 2 is 1.47 bits per heavy atom. The third-order valence-electron chi connectivity index (χ3n) is 7.06. The molecule has 3 amide bonds. The molecule has 2 aromatic heterocycles. The summed E-state index contributed by atoms with van der Waals surface area (Å²) in [7, 11) is 0. The van der Waals surface area contributed by atoms with Crippen LogP contribution in [0.2, 0.25) is 0 Å². The van der Waals surface area contributed by atoms with Crippen molar-refractivity contribution in [3.05, 3.63) is 90.1 Å². The van der Waals surface area contributed by atoms with Gasteiger partial charge in [-0.25, -0.2) is 9.78 Å². The Hall–Kier alpha value is -5.01. The second kappa shape index (κ2) is 14.2. The molecule has 9 N–H and O–H groups in total. The molecule has 0 aliphatic carbocycles. The monoisotopic (exact) mass is 589 g/mol. The Labute approximate surface area is 247 Å². The molecule has 0 aliphatic heterocycles. The maximum atomic E-state index is 13.8. The average molecular weight is 590 g/mol. The van der Waals surface area contributed by atoms with E-state index >= 15 is 0 Å². The van der Waals surface area contributed by atoms with Crippen molar-refractivity contribution in [1.82, 2.24) is 30.9 Å². The van der Waals surface area contributed by atoms with Crippen LogP contribution in [-0.4, -0.2) is 79.1 Å². The maximum absolute atomic E-state index is 13.8. The van der Waals surface area contributed by atoms with Gasteiger partial charge in [-0.05, 0) is 24.1 Å². The molecule has 0 spiro atoms. The number of carboxylic acid groups (broad SMARTS) is 1. The molecule has 13 nitrogen and oxygen atoms in total. The number of aliphatic hydroxyl groups is 1. The number of rotatable bonds is 14. The van der Waals surface area contributed by atoms with Crippen LogP contribution in [-0.2, 0) is 38.4 Å². The van der Waals surface area contributed by atoms with Crippen LogP contribution < -0.4 is 21.7 Å². The summed E-state index contributed by atoms with van der Waals surface area (Å²) in [6.45, 7) is 1.36. The molecule has 0 aliphatic rings. The van der Waals surface area contributed by atoms with Gasteiger partial charge in [-0.3, -0.25) is 14.4 Å². The number of amides is 3. The van der Waals surface area contributed by atoms with Gasteiger partial charge in [0.2, 0.25) is 17.7 Å². The molecule has 2 heterocycles. The minimum absolute atomic E-state index is 0.0470. The summed E-state index contributed by atoms with van der Waals surface area (Å²) in [5.74, 6) is -3.41. The van der Waals surface area contributed by atoms with Gasteiger partial charge < -0.3 is 41.9 Å². The number of imidazole rings is 1. The largest absolute Gasteiger partial charge is 0.480 e. The van der Waals surface area contributed by atoms with Gasteiger partial charge in [0, 0.05) is 48.3 Å². The van der Waals surface area contributed by atoms with Crippen molar-refractivity contribution in [2.45, 2.75) is 56.5 Å². The number of hydrogen-bond acceptors (Lipinski definition) is 7. The summed E-state index contributed by atoms with van der Waals surface area (Å²) in [4.78, 5) is 61.9. The van der Waals surface area contributed by atoms with E-state index in [1.165, 1.54) is 19.4 Å². The second-order valence-corrected chi connectivity index (χ2v) is 10.3. The van der Waals surface area contributed by atoms with Crippen LogP contribution in [0.15, 0.2) is 73.3 Å². The Morgan fingerprint density at radius 3 is 2.12 bits per heavy atom. The third-order valence-corrected chi connectivity index (χ3v) is 7.06. The summed E-state index contributed by atoms with van der Waals surface area (Å²) in [6, 6.07) is 11.4. The quantitative estimate of drug-likeness (QED) is 0.101. The number of fused-ring (bicyclic) bond motifs is 1. The number of hydrogen-bond donors (Lipinski definition) is 8. The zero-order valence-electron chi connectivity index (χ0n) is 23.5. The number of aromatic nitrogens is 3. The molecule has 13 heteroatoms. The molecule has 0 bridgehead atoms. The van der Waals surface area contributed by atoms with E-state index in [0.717, 1.165) is 22.0 Å². The number of benzene rings is 2. The number of H-pyrrole nitrogens is 2. The Morgan fingerprint density at radius 1 is 0.837 bits per heavy atom. The molecule has 5 atom stereocenters. The molecule has 4 aromatic rings. The van der Waals surface area contributed by atoms with E-state index in [0.29, 0.717) is 5.69 Å². The van der Waals surface area contributed by atoms with Gasteiger partial charge in [-0.2, -0.15) is 0 Å². The number of nitrogens with two attached hydrogens (primary N) is 1. The fraction of sp³-hybridized carbons (Fsp3) is 0.300. The zero-order valence-corrected chi connectivity index (χ0v) is 23.5. The van der Waals surface area contributed by atoms with Crippen molar-refractivity contribution in [3.8, 4) is 0 Å². The molecule has 2 aromatic carbocycles. The average Bonchev–Trinajstić information content (AvgIpc) is 3.66. The first kappa shape index (κ1) is 30.9. The van der Waals surface area contributed by atoms with Crippen LogP contribution in [0.4, 0.5) is 0 Å². The van der Waals surface area contributed by atoms with Crippen LogP contribution in [0.3, 0.4) is 0 Å². The molecule has 0 radical (unpaired) electrons. The molecule has 0 fully saturated rings. The topological polar surface area (TPSA) is 215 Å². The van der Waals surface area contributed by atoms with Crippen molar-refractivity contribution in [3.63, 3.8) is 0 Å². The molecular weight excluding hydrogens is 554 g/mol. The zero-order chi connectivity index (χ0) is 30.9. The van der Waals surface area contributed by atoms with Gasteiger partial charge in [-0.15, -0.1) is 0 Å². The summed E-state index contributed by atoms with van der Waals surface area (Å²) < 4.78 is 0. The lowest BCUT2D eigenvalue weighted by atomic mass is 10.0. The minimum Gasteiger partial charge on any atom is -0.480 e. The van der Waals surface area contributed by atoms with Crippen LogP contribution in [0, 0.1) is 0 Å². The molecule has 43 heavy (non-hydrogen) atoms. The lowest BCUT2D eigenvalue weighted by Gasteiger charge is -2.26. The third kappa shape index (κ3) is 8.27. The summed E-state index contributed by atoms with van der Waals surface area (Å²) in [5, 5.41) is 28.3. The van der Waals surface area contributed by atoms with Crippen molar-refractivity contribution in [2.24, 2.45) is 5.73 Å². The lowest BCUT2D eigenvalue weighted by molar-refractivity contribution is -0.142. The Kier molecular flexibility index (Phi) is 10.3. The molecule has 0 saturated heterocycles. The highest BCUT2D eigenvalue weighted by Crippen LogP contribution is 2.19. The van der Waals surface area contributed by atoms with E-state index in [4.69, 9.17) is 5.73 Å². The number of carbonyl (C=O) groups is 4. The van der Waals surface area contributed by atoms with Gasteiger partial charge in [0.15, 0.2) is 0 Å². The SMILES string of the molecule is CC(O)C(N)C(=O)NC(Cc1c[nH]c2ccccc12)C(=O)NC(Cc1ccccc1)C(=O)NC(Cc1cnc[nH]1)C(=O)O. The molecule has 5 unspecified atom stereocenters. The van der Waals surface area contributed by atoms with Crippen LogP contribution in [0.1, 0.15) is 23.7 Å². The number of aliphatic hydroxyl groups excluding tert-OH is 1. The predicted molar refractivity (Wildman–Crippen MR) is 158 cm³/mol. The molecular formula is C30H35N7O6. The first-order valence-corrected chi connectivity index (χ1v) is 13.8. The molecule has 4 rings (SSSR count). The summed E-state index contributed by atoms with van der Waals surface area (Å²) in [6.07, 6.45) is 3.47. The minimum atomic E-state index is -1.30. The lowest BCUT2D eigenvalue weighted by Crippen LogP contribution is -2.59. The van der Waals surface area contributed by atoms with E-state index < -0.39 is 54.0 Å². The van der Waals surface area contributed by atoms with Gasteiger partial charge >= 0.3 is 5.97 Å². The van der Waals surface area contributed by atoms with Gasteiger partial charge in [0.25, 0.3) is 0 Å². The fourth-order valence-corrected chi connectivity index (χ4v) is 4.64. The maximum Gasteiger partial charge on any atom is 0.326 e. The number of para-hydroxylation sites is 1. The number of nitrogens with one attached hydrogen (secondary N) is 5. The van der Waals surface area contributed by atoms with E-state index in [9.17, 15) is 29.4 Å². The number of nitrogens with zero attached hydrogens (tertiary/aromatic N) is 1. The summed E-state index contributed by atoms with van der Waals surface area (Å²) in [5.41, 5.74) is 8.63. The normalized spacial score (nSPS) is 14.7. The van der Waals surface area contributed by atoms with E-state index in [1.807, 2.05) is 24.3 Å². The van der Waals surface area contributed by atoms with Crippen LogP contribution in [0.25, 0.3) is 10.9 Å². The first-order chi connectivity index (χ1) is 20.6. The highest BCUT2D eigenvalue weighted by molar-refractivity contribution is 5.95. The number of aromatic amines is 2. The van der Waals surface area contributed by atoms with Gasteiger partial charge in [0.05, 0.1) is 12.4 Å². The van der Waals surface area contributed by atoms with E-state index in [2.05, 4.69) is 30.9 Å². The van der Waals surface area contributed by atoms with Crippen molar-refractivity contribution in [2.75, 3.05) is 0 Å². The van der Waals surface area contributed by atoms with Crippen molar-refractivity contribution in [1.29, 1.82) is 0 Å². The first-order valence-electron chi connectivity index (χ1n) is 13.8. The van der Waals surface area contributed by atoms with Crippen LogP contribution >= 0.6 is 0 Å². The highest BCUT2D eigenvalue weighted by atomic mass is 16.4. The standard InChI is InChI=1S/C30H35N7O6/c1-17(38)26(31)29(41)36-24(12-19-14-33-22-10-6-5-9-21(19)22)28(40)35-23(11-18-7-3-2-4-8-18)27(39)37-25(30(42)43)13-20-15-32-16-34-20/h2-10,14-17,23-26,33,38H,11-13,31H2,1H3,(H,32,34)(H,35,40)(H,36,41)(H,37,39)(H,42,43). The van der Waals surface area contributed by atoms with Crippen molar-refractivity contribution >= 4 is 34.6 Å². The van der Waals surface area contributed by atoms with Gasteiger partial charge in [-0.1, -0.05) is 48.5 Å².